The summed E-state index contributed by atoms with van der Waals surface area (Å²) >= 11 is 0. The number of nitrogens with zero attached hydrogens (tertiary/aromatic N) is 2. The Morgan fingerprint density at radius 1 is 0.369 bits per heavy atom. The molecule has 84 heavy (non-hydrogen) atoms. The smallest absolute Gasteiger partial charge is 0.0541 e. The zero-order valence-electron chi connectivity index (χ0n) is 51.2. The standard InChI is InChI=1S/C82H84N2/c1-9-11-12-14-22-65-55-77-66(23-16-13-15-21-64-53-73(49-50-74(64)63-24-19-25-69(52-63)82(6,7)8)84-79-27-18-17-26-75(79)78-56-67(77)40-51-80(78)84)54-76(65)62-38-47-72(48-39-62)83(70-43-34-60(35-44-70)58-30-28-57(20-10-2)29-31-58)71-45-36-61(37-46-71)59-32-41-68(42-33-59)81(3,4)5/h17-19,24-56H,9-16,20-23H2,1-8H3. The van der Waals surface area contributed by atoms with Gasteiger partial charge >= 0.3 is 0 Å². The molecule has 422 valence electrons. The van der Waals surface area contributed by atoms with Gasteiger partial charge in [0.25, 0.3) is 0 Å². The number of aryl methyl sites for hydroxylation is 4. The zero-order chi connectivity index (χ0) is 58.0. The molecule has 0 fully saturated rings. The SMILES string of the molecule is CCCCCCc1cc2c(cc1-c1ccc(N(c3ccc(-c4ccc(CCC)cc4)cc3)c3ccc(-c4ccc(C(C)(C)C)cc4)cc3)cc1)CCCCCc1cc(ccc1-c1cccc(C(C)(C)C)c1)-n1c3ccccc3c3cc-2ccc31. The largest absolute Gasteiger partial charge is 0.311 e. The fourth-order valence-electron chi connectivity index (χ4n) is 13.1. The highest BCUT2D eigenvalue weighted by Crippen LogP contribution is 2.43. The third-order valence-electron chi connectivity index (χ3n) is 18.0. The molecule has 2 aliphatic rings. The van der Waals surface area contributed by atoms with E-state index in [9.17, 15) is 0 Å². The van der Waals surface area contributed by atoms with Crippen LogP contribution in [0.25, 0.3) is 83.1 Å². The average molecular weight is 1100 g/mol. The van der Waals surface area contributed by atoms with E-state index in [0.717, 1.165) is 68.4 Å². The van der Waals surface area contributed by atoms with Crippen molar-refractivity contribution < 1.29 is 0 Å². The highest BCUT2D eigenvalue weighted by Gasteiger charge is 2.22. The zero-order valence-corrected chi connectivity index (χ0v) is 51.2. The second-order valence-corrected chi connectivity index (χ2v) is 26.0. The van der Waals surface area contributed by atoms with Gasteiger partial charge in [-0.05, 0) is 212 Å². The van der Waals surface area contributed by atoms with E-state index in [-0.39, 0.29) is 10.8 Å². The van der Waals surface area contributed by atoms with E-state index >= 15 is 0 Å². The molecule has 3 heterocycles. The number of benzene rings is 10. The molecule has 2 aliphatic heterocycles. The van der Waals surface area contributed by atoms with E-state index in [4.69, 9.17) is 0 Å². The normalized spacial score (nSPS) is 12.9. The van der Waals surface area contributed by atoms with Crippen molar-refractivity contribution in [2.24, 2.45) is 0 Å². The van der Waals surface area contributed by atoms with Crippen LogP contribution in [0.15, 0.2) is 218 Å². The van der Waals surface area contributed by atoms with E-state index in [1.165, 1.54) is 142 Å². The lowest BCUT2D eigenvalue weighted by Crippen LogP contribution is -2.10. The number of anilines is 3. The van der Waals surface area contributed by atoms with E-state index in [2.05, 4.69) is 283 Å². The lowest BCUT2D eigenvalue weighted by molar-refractivity contribution is 0.590. The summed E-state index contributed by atoms with van der Waals surface area (Å²) in [5.74, 6) is 0. The number of hydrogen-bond donors (Lipinski definition) is 0. The van der Waals surface area contributed by atoms with Crippen LogP contribution in [0.2, 0.25) is 0 Å². The molecule has 1 aromatic heterocycles. The predicted molar refractivity (Wildman–Crippen MR) is 363 cm³/mol. The molecule has 0 amide bonds. The van der Waals surface area contributed by atoms with Crippen molar-refractivity contribution in [3.8, 4) is 61.3 Å². The maximum absolute atomic E-state index is 2.60. The molecular weight excluding hydrogens is 1010 g/mol. The third-order valence-corrected chi connectivity index (χ3v) is 18.0. The summed E-state index contributed by atoms with van der Waals surface area (Å²) in [5.41, 5.74) is 28.7. The summed E-state index contributed by atoms with van der Waals surface area (Å²) in [6.07, 6.45) is 13.7. The molecule has 0 N–H and O–H groups in total. The Kier molecular flexibility index (Phi) is 16.2. The maximum Gasteiger partial charge on any atom is 0.0541 e. The molecule has 13 rings (SSSR count). The Hall–Kier alpha value is -8.20. The van der Waals surface area contributed by atoms with Crippen LogP contribution in [0, 0.1) is 0 Å². The number of fused-ring (bicyclic) bond motifs is 6. The van der Waals surface area contributed by atoms with E-state index in [0.29, 0.717) is 0 Å². The van der Waals surface area contributed by atoms with Crippen LogP contribution in [0.3, 0.4) is 0 Å². The Labute approximate surface area is 501 Å². The third kappa shape index (κ3) is 11.8. The molecule has 0 unspecified atom stereocenters. The molecule has 0 saturated heterocycles. The van der Waals surface area contributed by atoms with Gasteiger partial charge in [-0.15, -0.1) is 0 Å². The first kappa shape index (κ1) is 56.3. The van der Waals surface area contributed by atoms with Crippen LogP contribution in [-0.2, 0) is 36.5 Å². The minimum absolute atomic E-state index is 0.0742. The number of hydrogen-bond acceptors (Lipinski definition) is 1. The fraction of sp³-hybridized carbons (Fsp3) is 0.268. The van der Waals surface area contributed by atoms with Crippen LogP contribution in [-0.4, -0.2) is 4.57 Å². The van der Waals surface area contributed by atoms with Gasteiger partial charge in [-0.1, -0.05) is 239 Å². The molecule has 6 bridgehead atoms. The van der Waals surface area contributed by atoms with Gasteiger partial charge in [0, 0.05) is 33.5 Å². The molecule has 10 aromatic carbocycles. The van der Waals surface area contributed by atoms with Gasteiger partial charge < -0.3 is 9.47 Å². The van der Waals surface area contributed by atoms with Crippen molar-refractivity contribution >= 4 is 38.9 Å². The highest BCUT2D eigenvalue weighted by molar-refractivity contribution is 6.10. The molecular formula is C82H84N2. The summed E-state index contributed by atoms with van der Waals surface area (Å²) in [6, 6.07) is 84.2. The first-order valence-corrected chi connectivity index (χ1v) is 31.6. The number of aromatic nitrogens is 1. The monoisotopic (exact) mass is 1100 g/mol. The highest BCUT2D eigenvalue weighted by atomic mass is 15.1. The van der Waals surface area contributed by atoms with E-state index in [1.807, 2.05) is 0 Å². The maximum atomic E-state index is 2.60. The van der Waals surface area contributed by atoms with Gasteiger partial charge in [0.2, 0.25) is 0 Å². The number of unbranched alkanes of at least 4 members (excludes halogenated alkanes) is 3. The summed E-state index contributed by atoms with van der Waals surface area (Å²) in [5, 5.41) is 2.60. The molecule has 0 spiro atoms. The minimum Gasteiger partial charge on any atom is -0.311 e. The van der Waals surface area contributed by atoms with Crippen molar-refractivity contribution in [1.29, 1.82) is 0 Å². The minimum atomic E-state index is 0.0742. The fourth-order valence-corrected chi connectivity index (χ4v) is 13.1. The molecule has 2 nitrogen and oxygen atoms in total. The molecule has 2 heteroatoms. The molecule has 11 aromatic rings. The predicted octanol–water partition coefficient (Wildman–Crippen LogP) is 23.5. The van der Waals surface area contributed by atoms with Crippen molar-refractivity contribution in [1.82, 2.24) is 4.57 Å². The van der Waals surface area contributed by atoms with Crippen molar-refractivity contribution in [3.63, 3.8) is 0 Å². The van der Waals surface area contributed by atoms with Crippen LogP contribution in [0.5, 0.6) is 0 Å². The first-order valence-electron chi connectivity index (χ1n) is 31.6. The van der Waals surface area contributed by atoms with Crippen LogP contribution in [0.1, 0.15) is 140 Å². The van der Waals surface area contributed by atoms with Crippen LogP contribution < -0.4 is 4.90 Å². The van der Waals surface area contributed by atoms with Gasteiger partial charge in [0.1, 0.15) is 0 Å². The summed E-state index contributed by atoms with van der Waals surface area (Å²) in [7, 11) is 0. The van der Waals surface area contributed by atoms with E-state index in [1.54, 1.807) is 0 Å². The Bertz CT molecular complexity index is 4060. The first-order chi connectivity index (χ1) is 40.8. The quantitative estimate of drug-likeness (QED) is 0.0986. The lowest BCUT2D eigenvalue weighted by Gasteiger charge is -2.26. The Morgan fingerprint density at radius 2 is 0.929 bits per heavy atom. The summed E-state index contributed by atoms with van der Waals surface area (Å²) in [4.78, 5) is 2.43. The topological polar surface area (TPSA) is 8.17 Å². The molecule has 0 atom stereocenters. The second kappa shape index (κ2) is 24.2. The Morgan fingerprint density at radius 3 is 1.55 bits per heavy atom. The average Bonchev–Trinajstić information content (AvgIpc) is 1.95. The second-order valence-electron chi connectivity index (χ2n) is 26.0. The van der Waals surface area contributed by atoms with Crippen LogP contribution in [0.4, 0.5) is 17.1 Å². The Balaban J connectivity index is 0.932. The van der Waals surface area contributed by atoms with Crippen LogP contribution >= 0.6 is 0 Å². The molecule has 0 saturated carbocycles. The van der Waals surface area contributed by atoms with Gasteiger partial charge in [-0.25, -0.2) is 0 Å². The summed E-state index contributed by atoms with van der Waals surface area (Å²) < 4.78 is 2.52. The van der Waals surface area contributed by atoms with Gasteiger partial charge in [-0.3, -0.25) is 0 Å². The molecule has 0 aliphatic carbocycles. The number of rotatable bonds is 14. The lowest BCUT2D eigenvalue weighted by atomic mass is 9.84. The summed E-state index contributed by atoms with van der Waals surface area (Å²) in [6.45, 7) is 18.4. The van der Waals surface area contributed by atoms with Crippen molar-refractivity contribution in [3.05, 3.63) is 252 Å². The van der Waals surface area contributed by atoms with Gasteiger partial charge in [0.15, 0.2) is 0 Å². The van der Waals surface area contributed by atoms with Gasteiger partial charge in [-0.2, -0.15) is 0 Å². The van der Waals surface area contributed by atoms with Crippen molar-refractivity contribution in [2.45, 2.75) is 143 Å². The molecule has 0 radical (unpaired) electrons. The van der Waals surface area contributed by atoms with E-state index < -0.39 is 0 Å². The number of para-hydroxylation sites is 1. The van der Waals surface area contributed by atoms with Gasteiger partial charge in [0.05, 0.1) is 11.0 Å². The van der Waals surface area contributed by atoms with Crippen molar-refractivity contribution in [2.75, 3.05) is 4.90 Å².